The lowest BCUT2D eigenvalue weighted by molar-refractivity contribution is 0.331. The maximum absolute atomic E-state index is 8.56. The van der Waals surface area contributed by atoms with Crippen LogP contribution in [-0.4, -0.2) is 0 Å². The van der Waals surface area contributed by atoms with E-state index < -0.39 is 0 Å². The average molecular weight is 123 g/mol. The van der Waals surface area contributed by atoms with E-state index >= 15 is 0 Å². The van der Waals surface area contributed by atoms with Crippen molar-refractivity contribution in [1.29, 1.82) is 5.26 Å². The molecule has 1 unspecified atom stereocenters. The molecule has 0 heterocycles. The Morgan fingerprint density at radius 3 is 2.67 bits per heavy atom. The van der Waals surface area contributed by atoms with Crippen LogP contribution in [0.5, 0.6) is 0 Å². The van der Waals surface area contributed by atoms with Crippen LogP contribution in [0.3, 0.4) is 0 Å². The first-order valence-electron chi connectivity index (χ1n) is 3.72. The quantitative estimate of drug-likeness (QED) is 0.485. The molecule has 2 atom stereocenters. The molecule has 1 nitrogen and oxygen atoms in total. The number of hydrogen-bond donors (Lipinski definition) is 0. The molecule has 1 heteroatoms. The van der Waals surface area contributed by atoms with Crippen LogP contribution < -0.4 is 0 Å². The van der Waals surface area contributed by atoms with Gasteiger partial charge in [0.25, 0.3) is 0 Å². The summed E-state index contributed by atoms with van der Waals surface area (Å²) in [6.07, 6.45) is 4.87. The van der Waals surface area contributed by atoms with Gasteiger partial charge in [0.1, 0.15) is 0 Å². The summed E-state index contributed by atoms with van der Waals surface area (Å²) in [6, 6.07) is 2.33. The number of hydrogen-bond acceptors (Lipinski definition) is 1. The van der Waals surface area contributed by atoms with E-state index in [4.69, 9.17) is 5.26 Å². The smallest absolute Gasteiger partial charge is 0.0655 e. The molecule has 1 saturated carbocycles. The van der Waals surface area contributed by atoms with E-state index in [1.165, 1.54) is 12.8 Å². The Morgan fingerprint density at radius 1 is 1.44 bits per heavy atom. The van der Waals surface area contributed by atoms with Crippen LogP contribution >= 0.6 is 0 Å². The van der Waals surface area contributed by atoms with Gasteiger partial charge in [0.2, 0.25) is 0 Å². The Morgan fingerprint density at radius 2 is 2.22 bits per heavy atom. The van der Waals surface area contributed by atoms with Gasteiger partial charge in [-0.15, -0.1) is 0 Å². The summed E-state index contributed by atoms with van der Waals surface area (Å²) in [6.45, 7) is 2.24. The van der Waals surface area contributed by atoms with Crippen molar-refractivity contribution in [1.82, 2.24) is 0 Å². The molecule has 1 fully saturated rings. The molecule has 0 aliphatic heterocycles. The minimum Gasteiger partial charge on any atom is -0.198 e. The minimum absolute atomic E-state index is 0.369. The molecule has 0 amide bonds. The molecule has 0 spiro atoms. The van der Waals surface area contributed by atoms with Gasteiger partial charge in [-0.05, 0) is 18.8 Å². The summed E-state index contributed by atoms with van der Waals surface area (Å²) >= 11 is 0. The number of rotatable bonds is 0. The van der Waals surface area contributed by atoms with Crippen molar-refractivity contribution in [3.05, 3.63) is 0 Å². The van der Waals surface area contributed by atoms with Crippen molar-refractivity contribution in [3.63, 3.8) is 0 Å². The molecule has 0 bridgehead atoms. The standard InChI is InChI=1S/C8H13N/c1-7-3-2-4-8(5-7)6-9/h7-8H,2-5H2,1H3/t7?,8-/m0/s1. The van der Waals surface area contributed by atoms with Gasteiger partial charge in [-0.3, -0.25) is 0 Å². The van der Waals surface area contributed by atoms with Gasteiger partial charge >= 0.3 is 0 Å². The Hall–Kier alpha value is -0.510. The highest BCUT2D eigenvalue weighted by molar-refractivity contribution is 4.86. The van der Waals surface area contributed by atoms with Gasteiger partial charge in [-0.2, -0.15) is 5.26 Å². The lowest BCUT2D eigenvalue weighted by Crippen LogP contribution is -2.10. The van der Waals surface area contributed by atoms with Gasteiger partial charge < -0.3 is 0 Å². The van der Waals surface area contributed by atoms with Gasteiger partial charge in [-0.1, -0.05) is 19.8 Å². The Balaban J connectivity index is 2.34. The third-order valence-corrected chi connectivity index (χ3v) is 2.12. The van der Waals surface area contributed by atoms with Crippen molar-refractivity contribution in [2.75, 3.05) is 0 Å². The van der Waals surface area contributed by atoms with E-state index in [1.54, 1.807) is 0 Å². The highest BCUT2D eigenvalue weighted by atomic mass is 14.3. The third kappa shape index (κ3) is 1.71. The van der Waals surface area contributed by atoms with Crippen molar-refractivity contribution in [3.8, 4) is 6.07 Å². The lowest BCUT2D eigenvalue weighted by atomic mass is 9.83. The SMILES string of the molecule is CC1CCC[C@H](C#N)C1. The largest absolute Gasteiger partial charge is 0.198 e. The van der Waals surface area contributed by atoms with Crippen LogP contribution in [0.2, 0.25) is 0 Å². The normalized spacial score (nSPS) is 35.6. The van der Waals surface area contributed by atoms with Crippen LogP contribution in [0.4, 0.5) is 0 Å². The monoisotopic (exact) mass is 123 g/mol. The van der Waals surface area contributed by atoms with Crippen molar-refractivity contribution in [2.45, 2.75) is 32.6 Å². The van der Waals surface area contributed by atoms with Crippen LogP contribution in [0.15, 0.2) is 0 Å². The molecule has 0 aromatic heterocycles. The van der Waals surface area contributed by atoms with Crippen molar-refractivity contribution >= 4 is 0 Å². The molecular weight excluding hydrogens is 110 g/mol. The number of nitriles is 1. The van der Waals surface area contributed by atoms with Gasteiger partial charge in [-0.25, -0.2) is 0 Å². The number of nitrogens with zero attached hydrogens (tertiary/aromatic N) is 1. The summed E-state index contributed by atoms with van der Waals surface area (Å²) in [5, 5.41) is 8.56. The molecule has 0 N–H and O–H groups in total. The average Bonchev–Trinajstić information content (AvgIpc) is 1.88. The summed E-state index contributed by atoms with van der Waals surface area (Å²) in [4.78, 5) is 0. The second kappa shape index (κ2) is 2.87. The predicted molar refractivity (Wildman–Crippen MR) is 36.7 cm³/mol. The zero-order chi connectivity index (χ0) is 6.69. The minimum atomic E-state index is 0.369. The first-order chi connectivity index (χ1) is 4.33. The molecule has 1 rings (SSSR count). The fourth-order valence-electron chi connectivity index (χ4n) is 1.55. The Labute approximate surface area is 56.7 Å². The van der Waals surface area contributed by atoms with Crippen LogP contribution in [0.25, 0.3) is 0 Å². The molecule has 1 aliphatic rings. The highest BCUT2D eigenvalue weighted by Gasteiger charge is 2.17. The highest BCUT2D eigenvalue weighted by Crippen LogP contribution is 2.27. The molecule has 9 heavy (non-hydrogen) atoms. The van der Waals surface area contributed by atoms with Crippen LogP contribution in [0.1, 0.15) is 32.6 Å². The van der Waals surface area contributed by atoms with Crippen LogP contribution in [-0.2, 0) is 0 Å². The maximum Gasteiger partial charge on any atom is 0.0655 e. The second-order valence-electron chi connectivity index (χ2n) is 3.10. The summed E-state index contributed by atoms with van der Waals surface area (Å²) in [5.74, 6) is 1.16. The Bertz CT molecular complexity index is 123. The second-order valence-corrected chi connectivity index (χ2v) is 3.10. The molecule has 0 aromatic rings. The zero-order valence-corrected chi connectivity index (χ0v) is 5.93. The summed E-state index contributed by atoms with van der Waals surface area (Å²) in [5.41, 5.74) is 0. The van der Waals surface area contributed by atoms with E-state index in [2.05, 4.69) is 13.0 Å². The maximum atomic E-state index is 8.56. The van der Waals surface area contributed by atoms with E-state index in [1.807, 2.05) is 0 Å². The molecule has 0 radical (unpaired) electrons. The van der Waals surface area contributed by atoms with E-state index in [0.717, 1.165) is 18.8 Å². The predicted octanol–water partition coefficient (Wildman–Crippen LogP) is 2.34. The lowest BCUT2D eigenvalue weighted by Gasteiger charge is -2.20. The topological polar surface area (TPSA) is 23.8 Å². The molecule has 1 aliphatic carbocycles. The van der Waals surface area contributed by atoms with E-state index in [-0.39, 0.29) is 0 Å². The summed E-state index contributed by atoms with van der Waals surface area (Å²) < 4.78 is 0. The third-order valence-electron chi connectivity index (χ3n) is 2.12. The van der Waals surface area contributed by atoms with E-state index in [9.17, 15) is 0 Å². The molecule has 0 aromatic carbocycles. The van der Waals surface area contributed by atoms with Crippen molar-refractivity contribution < 1.29 is 0 Å². The zero-order valence-electron chi connectivity index (χ0n) is 5.93. The first-order valence-corrected chi connectivity index (χ1v) is 3.72. The fraction of sp³-hybridized carbons (Fsp3) is 0.875. The molecule has 0 saturated heterocycles. The van der Waals surface area contributed by atoms with Gasteiger partial charge in [0.05, 0.1) is 6.07 Å². The molecular formula is C8H13N. The molecule has 50 valence electrons. The fourth-order valence-corrected chi connectivity index (χ4v) is 1.55. The Kier molecular flexibility index (Phi) is 2.10. The summed E-state index contributed by atoms with van der Waals surface area (Å²) in [7, 11) is 0. The van der Waals surface area contributed by atoms with Crippen molar-refractivity contribution in [2.24, 2.45) is 11.8 Å². The first kappa shape index (κ1) is 6.61. The van der Waals surface area contributed by atoms with Gasteiger partial charge in [0.15, 0.2) is 0 Å². The van der Waals surface area contributed by atoms with E-state index in [0.29, 0.717) is 5.92 Å². The van der Waals surface area contributed by atoms with Crippen LogP contribution in [0, 0.1) is 23.2 Å². The van der Waals surface area contributed by atoms with Gasteiger partial charge in [0, 0.05) is 5.92 Å².